The van der Waals surface area contributed by atoms with Gasteiger partial charge in [0.2, 0.25) is 0 Å². The van der Waals surface area contributed by atoms with Crippen molar-refractivity contribution in [2.45, 2.75) is 53.6 Å². The smallest absolute Gasteiger partial charge is 0.412 e. The molecule has 0 fully saturated rings. The summed E-state index contributed by atoms with van der Waals surface area (Å²) < 4.78 is 5.26. The average molecular weight is 265 g/mol. The lowest BCUT2D eigenvalue weighted by Crippen LogP contribution is -2.32. The van der Waals surface area contributed by atoms with Gasteiger partial charge < -0.3 is 4.74 Å². The summed E-state index contributed by atoms with van der Waals surface area (Å²) in [5, 5.41) is 2.79. The second-order valence-electron chi connectivity index (χ2n) is 5.73. The SMILES string of the molecule is C=C/C=C(NC(=O)OC(C)(C)C)\C(=C\C(C)C)CC. The molecule has 0 radical (unpaired) electrons. The maximum absolute atomic E-state index is 11.8. The highest BCUT2D eigenvalue weighted by Crippen LogP contribution is 2.16. The van der Waals surface area contributed by atoms with Crippen LogP contribution in [0, 0.1) is 5.92 Å². The molecule has 0 bridgehead atoms. The van der Waals surface area contributed by atoms with Crippen molar-refractivity contribution in [3.05, 3.63) is 36.1 Å². The van der Waals surface area contributed by atoms with Gasteiger partial charge >= 0.3 is 6.09 Å². The molecule has 108 valence electrons. The standard InChI is InChI=1S/C16H27NO2/c1-8-10-14(13(9-2)11-12(3)4)17-15(18)19-16(5,6)7/h8,10-12H,1,9H2,2-7H3,(H,17,18)/b13-11+,14-10+. The number of alkyl carbamates (subject to hydrolysis) is 1. The molecular formula is C16H27NO2. The number of allylic oxidation sites excluding steroid dienone is 4. The Balaban J connectivity index is 4.99. The molecule has 0 rings (SSSR count). The van der Waals surface area contributed by atoms with Crippen LogP contribution in [0.15, 0.2) is 36.1 Å². The van der Waals surface area contributed by atoms with E-state index in [-0.39, 0.29) is 0 Å². The van der Waals surface area contributed by atoms with E-state index in [0.29, 0.717) is 5.92 Å². The van der Waals surface area contributed by atoms with Gasteiger partial charge in [-0.05, 0) is 44.8 Å². The van der Waals surface area contributed by atoms with Gasteiger partial charge in [0.15, 0.2) is 0 Å². The van der Waals surface area contributed by atoms with Gasteiger partial charge in [0.1, 0.15) is 5.60 Å². The lowest BCUT2D eigenvalue weighted by Gasteiger charge is -2.21. The summed E-state index contributed by atoms with van der Waals surface area (Å²) in [4.78, 5) is 11.8. The third-order valence-corrected chi connectivity index (χ3v) is 2.18. The molecule has 0 aromatic rings. The Morgan fingerprint density at radius 1 is 1.37 bits per heavy atom. The number of ether oxygens (including phenoxy) is 1. The molecule has 1 N–H and O–H groups in total. The predicted octanol–water partition coefficient (Wildman–Crippen LogP) is 4.57. The van der Waals surface area contributed by atoms with E-state index in [1.54, 1.807) is 12.2 Å². The van der Waals surface area contributed by atoms with Crippen LogP contribution in [0.1, 0.15) is 48.0 Å². The molecule has 0 spiro atoms. The summed E-state index contributed by atoms with van der Waals surface area (Å²) >= 11 is 0. The van der Waals surface area contributed by atoms with Crippen LogP contribution in [0.2, 0.25) is 0 Å². The summed E-state index contributed by atoms with van der Waals surface area (Å²) in [5.41, 5.74) is 1.33. The third kappa shape index (κ3) is 8.25. The minimum absolute atomic E-state index is 0.420. The molecule has 0 aromatic heterocycles. The van der Waals surface area contributed by atoms with Crippen LogP contribution in [0.25, 0.3) is 0 Å². The van der Waals surface area contributed by atoms with Crippen LogP contribution in [-0.2, 0) is 4.74 Å². The zero-order valence-corrected chi connectivity index (χ0v) is 13.0. The van der Waals surface area contributed by atoms with Crippen molar-refractivity contribution in [2.75, 3.05) is 0 Å². The van der Waals surface area contributed by atoms with E-state index in [0.717, 1.165) is 17.7 Å². The second kappa shape index (κ2) is 7.82. The van der Waals surface area contributed by atoms with E-state index in [9.17, 15) is 4.79 Å². The molecule has 3 nitrogen and oxygen atoms in total. The maximum atomic E-state index is 11.8. The highest BCUT2D eigenvalue weighted by molar-refractivity contribution is 5.71. The van der Waals surface area contributed by atoms with Gasteiger partial charge in [-0.3, -0.25) is 5.32 Å². The van der Waals surface area contributed by atoms with E-state index in [1.807, 2.05) is 20.8 Å². The van der Waals surface area contributed by atoms with E-state index in [4.69, 9.17) is 4.74 Å². The van der Waals surface area contributed by atoms with E-state index in [1.165, 1.54) is 0 Å². The molecular weight excluding hydrogens is 238 g/mol. The number of carbonyl (C=O) groups excluding carboxylic acids is 1. The van der Waals surface area contributed by atoms with Gasteiger partial charge in [0.25, 0.3) is 0 Å². The lowest BCUT2D eigenvalue weighted by atomic mass is 10.0. The van der Waals surface area contributed by atoms with Crippen molar-refractivity contribution in [1.29, 1.82) is 0 Å². The number of hydrogen-bond acceptors (Lipinski definition) is 2. The number of amides is 1. The van der Waals surface area contributed by atoms with E-state index < -0.39 is 11.7 Å². The average Bonchev–Trinajstić information content (AvgIpc) is 2.22. The maximum Gasteiger partial charge on any atom is 0.412 e. The second-order valence-corrected chi connectivity index (χ2v) is 5.73. The van der Waals surface area contributed by atoms with Gasteiger partial charge in [-0.15, -0.1) is 0 Å². The van der Waals surface area contributed by atoms with Crippen LogP contribution in [0.4, 0.5) is 4.79 Å². The van der Waals surface area contributed by atoms with Gasteiger partial charge in [-0.2, -0.15) is 0 Å². The normalized spacial score (nSPS) is 13.4. The van der Waals surface area contributed by atoms with Gasteiger partial charge in [0.05, 0.1) is 0 Å². The zero-order valence-electron chi connectivity index (χ0n) is 13.0. The first kappa shape index (κ1) is 17.5. The Labute approximate surface area is 117 Å². The van der Waals surface area contributed by atoms with Crippen LogP contribution >= 0.6 is 0 Å². The molecule has 0 aliphatic carbocycles. The third-order valence-electron chi connectivity index (χ3n) is 2.18. The molecule has 19 heavy (non-hydrogen) atoms. The summed E-state index contributed by atoms with van der Waals surface area (Å²) in [6.07, 6.45) is 5.99. The highest BCUT2D eigenvalue weighted by Gasteiger charge is 2.17. The van der Waals surface area contributed by atoms with Crippen molar-refractivity contribution < 1.29 is 9.53 Å². The molecule has 0 aliphatic heterocycles. The number of carbonyl (C=O) groups is 1. The van der Waals surface area contributed by atoms with Crippen molar-refractivity contribution in [1.82, 2.24) is 5.32 Å². The van der Waals surface area contributed by atoms with Gasteiger partial charge in [0, 0.05) is 5.70 Å². The summed E-state index contributed by atoms with van der Waals surface area (Å²) in [6.45, 7) is 15.5. The Kier molecular flexibility index (Phi) is 7.20. The number of nitrogens with one attached hydrogen (secondary N) is 1. The fourth-order valence-electron chi connectivity index (χ4n) is 1.56. The molecule has 0 saturated carbocycles. The monoisotopic (exact) mass is 265 g/mol. The van der Waals surface area contributed by atoms with E-state index in [2.05, 4.69) is 38.7 Å². The van der Waals surface area contributed by atoms with Crippen LogP contribution in [0.5, 0.6) is 0 Å². The van der Waals surface area contributed by atoms with Crippen molar-refractivity contribution in [3.63, 3.8) is 0 Å². The minimum Gasteiger partial charge on any atom is -0.444 e. The van der Waals surface area contributed by atoms with Crippen molar-refractivity contribution in [2.24, 2.45) is 5.92 Å². The largest absolute Gasteiger partial charge is 0.444 e. The van der Waals surface area contributed by atoms with Crippen molar-refractivity contribution >= 4 is 6.09 Å². The quantitative estimate of drug-likeness (QED) is 0.739. The summed E-state index contributed by atoms with van der Waals surface area (Å²) in [7, 11) is 0. The van der Waals surface area contributed by atoms with Crippen LogP contribution < -0.4 is 5.32 Å². The first-order valence-electron chi connectivity index (χ1n) is 6.73. The number of hydrogen-bond donors (Lipinski definition) is 1. The molecule has 0 heterocycles. The minimum atomic E-state index is -0.502. The van der Waals surface area contributed by atoms with Crippen molar-refractivity contribution in [3.8, 4) is 0 Å². The summed E-state index contributed by atoms with van der Waals surface area (Å²) in [6, 6.07) is 0. The molecule has 0 atom stereocenters. The first-order chi connectivity index (χ1) is 8.69. The number of rotatable bonds is 5. The van der Waals surface area contributed by atoms with Crippen LogP contribution in [0.3, 0.4) is 0 Å². The zero-order chi connectivity index (χ0) is 15.1. The molecule has 0 unspecified atom stereocenters. The van der Waals surface area contributed by atoms with E-state index >= 15 is 0 Å². The molecule has 0 saturated heterocycles. The topological polar surface area (TPSA) is 38.3 Å². The fraction of sp³-hybridized carbons (Fsp3) is 0.562. The van der Waals surface area contributed by atoms with Gasteiger partial charge in [-0.25, -0.2) is 4.79 Å². The fourth-order valence-corrected chi connectivity index (χ4v) is 1.56. The summed E-state index contributed by atoms with van der Waals surface area (Å²) in [5.74, 6) is 0.420. The predicted molar refractivity (Wildman–Crippen MR) is 80.9 cm³/mol. The Bertz CT molecular complexity index is 371. The highest BCUT2D eigenvalue weighted by atomic mass is 16.6. The molecule has 0 aromatic carbocycles. The Morgan fingerprint density at radius 3 is 2.32 bits per heavy atom. The molecule has 1 amide bonds. The molecule has 3 heteroatoms. The Morgan fingerprint density at radius 2 is 1.95 bits per heavy atom. The Hall–Kier alpha value is -1.51. The first-order valence-corrected chi connectivity index (χ1v) is 6.73. The lowest BCUT2D eigenvalue weighted by molar-refractivity contribution is 0.0547. The molecule has 0 aliphatic rings. The van der Waals surface area contributed by atoms with Crippen LogP contribution in [-0.4, -0.2) is 11.7 Å². The van der Waals surface area contributed by atoms with Gasteiger partial charge in [-0.1, -0.05) is 39.5 Å².